The third-order valence-electron chi connectivity index (χ3n) is 3.34. The average molecular weight is 343 g/mol. The molecule has 0 atom stereocenters. The molecule has 0 bridgehead atoms. The van der Waals surface area contributed by atoms with Crippen molar-refractivity contribution >= 4 is 12.0 Å². The Morgan fingerprint density at radius 3 is 2.60 bits per heavy atom. The smallest absolute Gasteiger partial charge is 0.273 e. The van der Waals surface area contributed by atoms with Gasteiger partial charge in [-0.25, -0.2) is 0 Å². The molecule has 0 unspecified atom stereocenters. The van der Waals surface area contributed by atoms with Crippen LogP contribution in [0.4, 0.5) is 5.82 Å². The summed E-state index contributed by atoms with van der Waals surface area (Å²) in [7, 11) is 0. The largest absolute Gasteiger partial charge is 0.490 e. The van der Waals surface area contributed by atoms with Gasteiger partial charge in [-0.2, -0.15) is 9.78 Å². The van der Waals surface area contributed by atoms with Crippen LogP contribution in [-0.2, 0) is 0 Å². The minimum absolute atomic E-state index is 0.268. The lowest BCUT2D eigenvalue weighted by Gasteiger charge is -2.13. The molecule has 0 amide bonds. The van der Waals surface area contributed by atoms with Gasteiger partial charge in [-0.3, -0.25) is 4.79 Å². The standard InChI is InChI=1S/C19H25N3O3/c1-5-24-17-10-15(6-7-16(17)25-12-13(2)3)11-21-22-18(20)8-14(4)9-19(22)23/h6-11,13H,5,12,20H2,1-4H3. The van der Waals surface area contributed by atoms with Gasteiger partial charge in [0.05, 0.1) is 19.4 Å². The molecule has 1 heterocycles. The van der Waals surface area contributed by atoms with Crippen molar-refractivity contribution in [1.29, 1.82) is 0 Å². The first kappa shape index (κ1) is 18.6. The molecule has 0 saturated carbocycles. The van der Waals surface area contributed by atoms with Crippen LogP contribution in [0.1, 0.15) is 31.9 Å². The number of ether oxygens (including phenoxy) is 2. The molecule has 0 radical (unpaired) electrons. The summed E-state index contributed by atoms with van der Waals surface area (Å²) in [6.07, 6.45) is 1.57. The Labute approximate surface area is 147 Å². The highest BCUT2D eigenvalue weighted by atomic mass is 16.5. The van der Waals surface area contributed by atoms with Crippen LogP contribution in [0.3, 0.4) is 0 Å². The van der Waals surface area contributed by atoms with Crippen LogP contribution in [0.5, 0.6) is 11.5 Å². The number of nitrogens with two attached hydrogens (primary N) is 1. The molecule has 6 heteroatoms. The highest BCUT2D eigenvalue weighted by Crippen LogP contribution is 2.28. The zero-order valence-corrected chi connectivity index (χ0v) is 15.2. The second kappa shape index (κ2) is 8.37. The van der Waals surface area contributed by atoms with Crippen molar-refractivity contribution in [3.8, 4) is 11.5 Å². The molecule has 2 N–H and O–H groups in total. The maximum absolute atomic E-state index is 12.0. The summed E-state index contributed by atoms with van der Waals surface area (Å²) in [6.45, 7) is 9.05. The van der Waals surface area contributed by atoms with Crippen LogP contribution in [0.2, 0.25) is 0 Å². The Hall–Kier alpha value is -2.76. The molecule has 134 valence electrons. The number of nitrogen functional groups attached to an aromatic ring is 1. The predicted molar refractivity (Wildman–Crippen MR) is 101 cm³/mol. The number of pyridine rings is 1. The maximum Gasteiger partial charge on any atom is 0.273 e. The summed E-state index contributed by atoms with van der Waals surface area (Å²) in [4.78, 5) is 12.0. The molecule has 6 nitrogen and oxygen atoms in total. The van der Waals surface area contributed by atoms with Crippen LogP contribution in [0.25, 0.3) is 0 Å². The van der Waals surface area contributed by atoms with E-state index in [2.05, 4.69) is 18.9 Å². The van der Waals surface area contributed by atoms with E-state index in [0.29, 0.717) is 36.4 Å². The predicted octanol–water partition coefficient (Wildman–Crippen LogP) is 3.05. The fourth-order valence-electron chi connectivity index (χ4n) is 2.22. The third kappa shape index (κ3) is 5.11. The monoisotopic (exact) mass is 343 g/mol. The van der Waals surface area contributed by atoms with Crippen molar-refractivity contribution in [2.45, 2.75) is 27.7 Å². The first-order valence-electron chi connectivity index (χ1n) is 8.34. The van der Waals surface area contributed by atoms with Crippen molar-refractivity contribution in [3.05, 3.63) is 51.8 Å². The SMILES string of the molecule is CCOc1cc(C=Nn2c(N)cc(C)cc2=O)ccc1OCC(C)C. The van der Waals surface area contributed by atoms with Crippen LogP contribution in [0, 0.1) is 12.8 Å². The summed E-state index contributed by atoms with van der Waals surface area (Å²) in [5.41, 5.74) is 7.18. The fourth-order valence-corrected chi connectivity index (χ4v) is 2.22. The molecular formula is C19H25N3O3. The first-order chi connectivity index (χ1) is 11.9. The van der Waals surface area contributed by atoms with Crippen LogP contribution >= 0.6 is 0 Å². The molecule has 0 aliphatic heterocycles. The van der Waals surface area contributed by atoms with Crippen molar-refractivity contribution in [3.63, 3.8) is 0 Å². The summed E-state index contributed by atoms with van der Waals surface area (Å²) >= 11 is 0. The second-order valence-electron chi connectivity index (χ2n) is 6.20. The quantitative estimate of drug-likeness (QED) is 0.784. The van der Waals surface area contributed by atoms with E-state index in [-0.39, 0.29) is 5.56 Å². The summed E-state index contributed by atoms with van der Waals surface area (Å²) in [5, 5.41) is 4.18. The Kier molecular flexibility index (Phi) is 6.22. The van der Waals surface area contributed by atoms with Gasteiger partial charge in [0.15, 0.2) is 11.5 Å². The van der Waals surface area contributed by atoms with Gasteiger partial charge in [0.25, 0.3) is 5.56 Å². The van der Waals surface area contributed by atoms with Gasteiger partial charge in [-0.15, -0.1) is 0 Å². The lowest BCUT2D eigenvalue weighted by Crippen LogP contribution is -2.19. The second-order valence-corrected chi connectivity index (χ2v) is 6.20. The molecule has 0 fully saturated rings. The van der Waals surface area contributed by atoms with Crippen LogP contribution in [-0.4, -0.2) is 24.1 Å². The lowest BCUT2D eigenvalue weighted by molar-refractivity contribution is 0.248. The van der Waals surface area contributed by atoms with E-state index in [1.807, 2.05) is 32.0 Å². The molecule has 1 aromatic carbocycles. The number of aryl methyl sites for hydroxylation is 1. The van der Waals surface area contributed by atoms with Crippen molar-refractivity contribution < 1.29 is 9.47 Å². The van der Waals surface area contributed by atoms with Gasteiger partial charge in [0.1, 0.15) is 5.82 Å². The minimum atomic E-state index is -0.268. The van der Waals surface area contributed by atoms with E-state index < -0.39 is 0 Å². The highest BCUT2D eigenvalue weighted by molar-refractivity contribution is 5.81. The van der Waals surface area contributed by atoms with Gasteiger partial charge in [-0.05, 0) is 55.2 Å². The van der Waals surface area contributed by atoms with Gasteiger partial charge in [0.2, 0.25) is 0 Å². The minimum Gasteiger partial charge on any atom is -0.490 e. The molecule has 2 rings (SSSR count). The van der Waals surface area contributed by atoms with Gasteiger partial charge < -0.3 is 15.2 Å². The number of nitrogens with zero attached hydrogens (tertiary/aromatic N) is 2. The Morgan fingerprint density at radius 2 is 1.96 bits per heavy atom. The summed E-state index contributed by atoms with van der Waals surface area (Å²) in [5.74, 6) is 2.06. The molecule has 0 spiro atoms. The van der Waals surface area contributed by atoms with E-state index in [1.165, 1.54) is 6.07 Å². The topological polar surface area (TPSA) is 78.8 Å². The fraction of sp³-hybridized carbons (Fsp3) is 0.368. The molecule has 0 saturated heterocycles. The summed E-state index contributed by atoms with van der Waals surface area (Å²) in [6, 6.07) is 8.72. The zero-order chi connectivity index (χ0) is 18.4. The maximum atomic E-state index is 12.0. The average Bonchev–Trinajstić information content (AvgIpc) is 2.53. The molecule has 0 aliphatic carbocycles. The molecule has 0 aliphatic rings. The van der Waals surface area contributed by atoms with E-state index in [4.69, 9.17) is 15.2 Å². The van der Waals surface area contributed by atoms with Gasteiger partial charge in [0, 0.05) is 6.07 Å². The summed E-state index contributed by atoms with van der Waals surface area (Å²) < 4.78 is 12.6. The molecule has 1 aromatic heterocycles. The van der Waals surface area contributed by atoms with E-state index >= 15 is 0 Å². The first-order valence-corrected chi connectivity index (χ1v) is 8.34. The number of benzene rings is 1. The Bertz CT molecular complexity index is 810. The normalized spacial score (nSPS) is 11.2. The third-order valence-corrected chi connectivity index (χ3v) is 3.34. The van der Waals surface area contributed by atoms with Crippen LogP contribution in [0.15, 0.2) is 40.2 Å². The van der Waals surface area contributed by atoms with Crippen molar-refractivity contribution in [2.24, 2.45) is 11.0 Å². The molecular weight excluding hydrogens is 318 g/mol. The zero-order valence-electron chi connectivity index (χ0n) is 15.2. The number of hydrogen-bond acceptors (Lipinski definition) is 5. The van der Waals surface area contributed by atoms with E-state index in [1.54, 1.807) is 12.3 Å². The van der Waals surface area contributed by atoms with E-state index in [0.717, 1.165) is 15.8 Å². The van der Waals surface area contributed by atoms with Gasteiger partial charge >= 0.3 is 0 Å². The lowest BCUT2D eigenvalue weighted by atomic mass is 10.2. The van der Waals surface area contributed by atoms with Crippen LogP contribution < -0.4 is 20.8 Å². The molecule has 25 heavy (non-hydrogen) atoms. The van der Waals surface area contributed by atoms with E-state index in [9.17, 15) is 4.79 Å². The number of rotatable bonds is 7. The molecule has 2 aromatic rings. The highest BCUT2D eigenvalue weighted by Gasteiger charge is 2.07. The Balaban J connectivity index is 2.28. The van der Waals surface area contributed by atoms with Crippen molar-refractivity contribution in [2.75, 3.05) is 18.9 Å². The van der Waals surface area contributed by atoms with Crippen molar-refractivity contribution in [1.82, 2.24) is 4.68 Å². The Morgan fingerprint density at radius 1 is 1.20 bits per heavy atom. The number of aromatic nitrogens is 1. The van der Waals surface area contributed by atoms with Gasteiger partial charge in [-0.1, -0.05) is 13.8 Å². The number of hydrogen-bond donors (Lipinski definition) is 1. The number of anilines is 1.